The van der Waals surface area contributed by atoms with Crippen LogP contribution in [0, 0.1) is 11.8 Å². The molecule has 2 atom stereocenters. The van der Waals surface area contributed by atoms with Crippen molar-refractivity contribution in [3.63, 3.8) is 0 Å². The molecule has 0 radical (unpaired) electrons. The zero-order chi connectivity index (χ0) is 20.1. The van der Waals surface area contributed by atoms with Gasteiger partial charge in [0.1, 0.15) is 5.02 Å². The zero-order valence-electron chi connectivity index (χ0n) is 15.3. The molecular formula is C19H20Cl2N4O3. The summed E-state index contributed by atoms with van der Waals surface area (Å²) in [5.41, 5.74) is 0.999. The minimum absolute atomic E-state index is 0.0460. The predicted molar refractivity (Wildman–Crippen MR) is 106 cm³/mol. The molecule has 1 aliphatic rings. The standard InChI is InChI=1S/C19H20Cl2N4O3/c1-28-18(27)14-7-13(17(26)22-8-12-5-3-2-4-6-12)10-25(11-14)16-15(20)9-23-19(21)24-16/h2-6,9,13-14H,7-8,10-11H2,1H3,(H,22,26)/t13-,14+/m1/s1. The normalized spacial score (nSPS) is 19.2. The van der Waals surface area contributed by atoms with Gasteiger partial charge in [0.05, 0.1) is 25.1 Å². The average Bonchev–Trinajstić information content (AvgIpc) is 2.73. The Kier molecular flexibility index (Phi) is 6.70. The van der Waals surface area contributed by atoms with Crippen molar-refractivity contribution in [2.24, 2.45) is 11.8 Å². The van der Waals surface area contributed by atoms with Gasteiger partial charge < -0.3 is 15.0 Å². The van der Waals surface area contributed by atoms with Crippen LogP contribution >= 0.6 is 23.2 Å². The highest BCUT2D eigenvalue weighted by molar-refractivity contribution is 6.33. The van der Waals surface area contributed by atoms with E-state index >= 15 is 0 Å². The quantitative estimate of drug-likeness (QED) is 0.588. The smallest absolute Gasteiger partial charge is 0.310 e. The number of piperidine rings is 1. The second-order valence-electron chi connectivity index (χ2n) is 6.57. The van der Waals surface area contributed by atoms with Gasteiger partial charge in [0, 0.05) is 19.6 Å². The summed E-state index contributed by atoms with van der Waals surface area (Å²) in [5, 5.41) is 3.28. The summed E-state index contributed by atoms with van der Waals surface area (Å²) < 4.78 is 4.90. The fraction of sp³-hybridized carbons (Fsp3) is 0.368. The third-order valence-electron chi connectivity index (χ3n) is 4.66. The maximum atomic E-state index is 12.8. The number of halogens is 2. The molecule has 0 saturated carbocycles. The van der Waals surface area contributed by atoms with Crippen LogP contribution < -0.4 is 10.2 Å². The number of hydrogen-bond acceptors (Lipinski definition) is 6. The van der Waals surface area contributed by atoms with Crippen molar-refractivity contribution >= 4 is 40.9 Å². The molecule has 2 heterocycles. The van der Waals surface area contributed by atoms with E-state index in [2.05, 4.69) is 15.3 Å². The molecule has 3 rings (SSSR count). The van der Waals surface area contributed by atoms with Crippen LogP contribution in [0.2, 0.25) is 10.3 Å². The van der Waals surface area contributed by atoms with E-state index in [1.807, 2.05) is 30.3 Å². The topological polar surface area (TPSA) is 84.4 Å². The monoisotopic (exact) mass is 422 g/mol. The van der Waals surface area contributed by atoms with E-state index in [-0.39, 0.29) is 17.2 Å². The highest BCUT2D eigenvalue weighted by Gasteiger charge is 2.37. The Morgan fingerprint density at radius 1 is 1.21 bits per heavy atom. The number of carbonyl (C=O) groups excluding carboxylic acids is 2. The summed E-state index contributed by atoms with van der Waals surface area (Å²) in [7, 11) is 1.33. The molecule has 2 aromatic rings. The maximum Gasteiger partial charge on any atom is 0.310 e. The molecule has 1 fully saturated rings. The summed E-state index contributed by atoms with van der Waals surface area (Å²) in [6.07, 6.45) is 1.79. The molecule has 1 saturated heterocycles. The number of aromatic nitrogens is 2. The first-order valence-corrected chi connectivity index (χ1v) is 9.56. The molecular weight excluding hydrogens is 403 g/mol. The molecule has 1 N–H and O–H groups in total. The Morgan fingerprint density at radius 3 is 2.64 bits per heavy atom. The van der Waals surface area contributed by atoms with Crippen molar-refractivity contribution in [1.82, 2.24) is 15.3 Å². The van der Waals surface area contributed by atoms with Crippen LogP contribution in [0.3, 0.4) is 0 Å². The molecule has 0 bridgehead atoms. The number of anilines is 1. The van der Waals surface area contributed by atoms with Gasteiger partial charge in [-0.1, -0.05) is 41.9 Å². The van der Waals surface area contributed by atoms with E-state index in [1.54, 1.807) is 4.90 Å². The van der Waals surface area contributed by atoms with E-state index < -0.39 is 11.8 Å². The lowest BCUT2D eigenvalue weighted by Gasteiger charge is -2.37. The molecule has 1 aliphatic heterocycles. The molecule has 1 aromatic carbocycles. The van der Waals surface area contributed by atoms with Gasteiger partial charge in [0.25, 0.3) is 0 Å². The fourth-order valence-electron chi connectivity index (χ4n) is 3.29. The number of amides is 1. The SMILES string of the molecule is COC(=O)[C@H]1C[C@@H](C(=O)NCc2ccccc2)CN(c2nc(Cl)ncc2Cl)C1. The van der Waals surface area contributed by atoms with Crippen molar-refractivity contribution in [2.75, 3.05) is 25.1 Å². The summed E-state index contributed by atoms with van der Waals surface area (Å²) in [6.45, 7) is 1.11. The van der Waals surface area contributed by atoms with Crippen LogP contribution in [0.5, 0.6) is 0 Å². The van der Waals surface area contributed by atoms with Crippen molar-refractivity contribution in [3.8, 4) is 0 Å². The Balaban J connectivity index is 1.76. The summed E-state index contributed by atoms with van der Waals surface area (Å²) in [5.74, 6) is -1.01. The number of nitrogens with zero attached hydrogens (tertiary/aromatic N) is 3. The first-order chi connectivity index (χ1) is 13.5. The average molecular weight is 423 g/mol. The number of benzene rings is 1. The predicted octanol–water partition coefficient (Wildman–Crippen LogP) is 2.72. The summed E-state index contributed by atoms with van der Waals surface area (Å²) in [6, 6.07) is 9.62. The van der Waals surface area contributed by atoms with Gasteiger partial charge in [-0.15, -0.1) is 0 Å². The molecule has 1 amide bonds. The lowest BCUT2D eigenvalue weighted by atomic mass is 9.88. The second kappa shape index (κ2) is 9.21. The molecule has 0 spiro atoms. The van der Waals surface area contributed by atoms with E-state index in [0.29, 0.717) is 36.9 Å². The van der Waals surface area contributed by atoms with Gasteiger partial charge in [0.2, 0.25) is 11.2 Å². The molecule has 0 unspecified atom stereocenters. The number of carbonyl (C=O) groups is 2. The minimum atomic E-state index is -0.476. The maximum absolute atomic E-state index is 12.8. The van der Waals surface area contributed by atoms with Crippen molar-refractivity contribution in [2.45, 2.75) is 13.0 Å². The molecule has 7 nitrogen and oxygen atoms in total. The van der Waals surface area contributed by atoms with Gasteiger partial charge in [-0.25, -0.2) is 4.98 Å². The van der Waals surface area contributed by atoms with E-state index in [9.17, 15) is 9.59 Å². The van der Waals surface area contributed by atoms with Crippen LogP contribution in [-0.2, 0) is 20.9 Å². The third-order valence-corrected chi connectivity index (χ3v) is 5.11. The summed E-state index contributed by atoms with van der Waals surface area (Å²) >= 11 is 12.1. The number of hydrogen-bond donors (Lipinski definition) is 1. The van der Waals surface area contributed by atoms with Crippen molar-refractivity contribution < 1.29 is 14.3 Å². The van der Waals surface area contributed by atoms with Gasteiger partial charge in [-0.2, -0.15) is 4.98 Å². The van der Waals surface area contributed by atoms with Gasteiger partial charge in [-0.3, -0.25) is 9.59 Å². The Morgan fingerprint density at radius 2 is 1.93 bits per heavy atom. The van der Waals surface area contributed by atoms with Crippen molar-refractivity contribution in [3.05, 3.63) is 52.4 Å². The highest BCUT2D eigenvalue weighted by atomic mass is 35.5. The van der Waals surface area contributed by atoms with Crippen LogP contribution in [0.1, 0.15) is 12.0 Å². The van der Waals surface area contributed by atoms with Gasteiger partial charge in [-0.05, 0) is 23.6 Å². The second-order valence-corrected chi connectivity index (χ2v) is 7.32. The zero-order valence-corrected chi connectivity index (χ0v) is 16.8. The van der Waals surface area contributed by atoms with Crippen LogP contribution in [0.15, 0.2) is 36.5 Å². The fourth-order valence-corrected chi connectivity index (χ4v) is 3.63. The number of ether oxygens (including phenoxy) is 1. The first-order valence-electron chi connectivity index (χ1n) is 8.80. The third kappa shape index (κ3) is 4.91. The van der Waals surface area contributed by atoms with Gasteiger partial charge in [0.15, 0.2) is 5.82 Å². The minimum Gasteiger partial charge on any atom is -0.469 e. The number of esters is 1. The van der Waals surface area contributed by atoms with Crippen molar-refractivity contribution in [1.29, 1.82) is 0 Å². The molecule has 28 heavy (non-hydrogen) atoms. The van der Waals surface area contributed by atoms with E-state index in [4.69, 9.17) is 27.9 Å². The lowest BCUT2D eigenvalue weighted by molar-refractivity contribution is -0.146. The van der Waals surface area contributed by atoms with E-state index in [0.717, 1.165) is 5.56 Å². The summed E-state index contributed by atoms with van der Waals surface area (Å²) in [4.78, 5) is 34.7. The van der Waals surface area contributed by atoms with E-state index in [1.165, 1.54) is 13.3 Å². The molecule has 1 aromatic heterocycles. The Labute approximate surface area is 173 Å². The van der Waals surface area contributed by atoms with Crippen LogP contribution in [-0.4, -0.2) is 42.0 Å². The Bertz CT molecular complexity index is 850. The molecule has 0 aliphatic carbocycles. The van der Waals surface area contributed by atoms with Crippen LogP contribution in [0.25, 0.3) is 0 Å². The lowest BCUT2D eigenvalue weighted by Crippen LogP contribution is -2.49. The number of methoxy groups -OCH3 is 1. The highest BCUT2D eigenvalue weighted by Crippen LogP contribution is 2.31. The first kappa shape index (κ1) is 20.4. The number of nitrogens with one attached hydrogen (secondary N) is 1. The largest absolute Gasteiger partial charge is 0.469 e. The molecule has 9 heteroatoms. The van der Waals surface area contributed by atoms with Crippen LogP contribution in [0.4, 0.5) is 5.82 Å². The Hall–Kier alpha value is -2.38. The number of rotatable bonds is 5. The molecule has 148 valence electrons. The van der Waals surface area contributed by atoms with Gasteiger partial charge >= 0.3 is 5.97 Å².